The molecule has 1 amide bonds. The fourth-order valence-electron chi connectivity index (χ4n) is 2.28. The van der Waals surface area contributed by atoms with Crippen LogP contribution in [0.1, 0.15) is 28.9 Å². The van der Waals surface area contributed by atoms with E-state index >= 15 is 0 Å². The number of nitrogens with one attached hydrogen (secondary N) is 2. The Bertz CT molecular complexity index is 895. The summed E-state index contributed by atoms with van der Waals surface area (Å²) in [5.74, 6) is -1.75. The number of carbonyl (C=O) groups is 1. The van der Waals surface area contributed by atoms with Crippen molar-refractivity contribution in [3.63, 3.8) is 0 Å². The minimum atomic E-state index is -4.80. The molecular weight excluding hydrogens is 388 g/mol. The minimum absolute atomic E-state index is 0.119. The van der Waals surface area contributed by atoms with Gasteiger partial charge in [0.1, 0.15) is 5.82 Å². The van der Waals surface area contributed by atoms with E-state index in [1.165, 1.54) is 0 Å². The number of hydrogen-bond donors (Lipinski definition) is 2. The van der Waals surface area contributed by atoms with Crippen LogP contribution in [0, 0.1) is 5.82 Å². The van der Waals surface area contributed by atoms with E-state index in [0.717, 1.165) is 48.5 Å². The van der Waals surface area contributed by atoms with Crippen molar-refractivity contribution < 1.29 is 30.8 Å². The molecule has 0 spiro atoms. The Morgan fingerprint density at radius 3 is 2.07 bits per heavy atom. The molecule has 0 bridgehead atoms. The van der Waals surface area contributed by atoms with Crippen molar-refractivity contribution in [1.82, 2.24) is 10.0 Å². The van der Waals surface area contributed by atoms with E-state index in [4.69, 9.17) is 0 Å². The highest BCUT2D eigenvalue weighted by molar-refractivity contribution is 7.89. The predicted molar refractivity (Wildman–Crippen MR) is 90.0 cm³/mol. The van der Waals surface area contributed by atoms with Gasteiger partial charge in [0.25, 0.3) is 5.91 Å². The molecule has 0 saturated heterocycles. The van der Waals surface area contributed by atoms with Gasteiger partial charge in [0.15, 0.2) is 6.04 Å². The Hall–Kier alpha value is -2.46. The van der Waals surface area contributed by atoms with Crippen molar-refractivity contribution in [3.05, 3.63) is 65.5 Å². The minimum Gasteiger partial charge on any atom is -0.337 e. The van der Waals surface area contributed by atoms with Crippen LogP contribution in [0.15, 0.2) is 53.4 Å². The maximum atomic E-state index is 13.3. The monoisotopic (exact) mass is 404 g/mol. The quantitative estimate of drug-likeness (QED) is 0.727. The van der Waals surface area contributed by atoms with E-state index in [-0.39, 0.29) is 22.6 Å². The third-order valence-corrected chi connectivity index (χ3v) is 5.13. The number of benzene rings is 2. The zero-order chi connectivity index (χ0) is 20.2. The maximum Gasteiger partial charge on any atom is 0.412 e. The lowest BCUT2D eigenvalue weighted by molar-refractivity contribution is -0.155. The number of carbonyl (C=O) groups excluding carboxylic acids is 1. The summed E-state index contributed by atoms with van der Waals surface area (Å²) >= 11 is 0. The number of sulfonamides is 1. The lowest BCUT2D eigenvalue weighted by Gasteiger charge is -2.22. The van der Waals surface area contributed by atoms with Gasteiger partial charge in [0.05, 0.1) is 4.90 Å². The fraction of sp³-hybridized carbons (Fsp3) is 0.235. The van der Waals surface area contributed by atoms with Gasteiger partial charge in [-0.2, -0.15) is 13.2 Å². The summed E-state index contributed by atoms with van der Waals surface area (Å²) in [5, 5.41) is 1.84. The summed E-state index contributed by atoms with van der Waals surface area (Å²) in [6.45, 7) is 1.75. The summed E-state index contributed by atoms with van der Waals surface area (Å²) in [4.78, 5) is 12.1. The highest BCUT2D eigenvalue weighted by Gasteiger charge is 2.42. The topological polar surface area (TPSA) is 75.3 Å². The first kappa shape index (κ1) is 20.8. The Balaban J connectivity index is 2.24. The van der Waals surface area contributed by atoms with Crippen LogP contribution in [-0.2, 0) is 10.0 Å². The Kier molecular flexibility index (Phi) is 6.22. The number of hydrogen-bond acceptors (Lipinski definition) is 3. The molecule has 0 aliphatic carbocycles. The van der Waals surface area contributed by atoms with Crippen LogP contribution in [0.2, 0.25) is 0 Å². The second kappa shape index (κ2) is 8.05. The average molecular weight is 404 g/mol. The summed E-state index contributed by atoms with van der Waals surface area (Å²) in [6, 6.07) is 5.70. The van der Waals surface area contributed by atoms with Crippen LogP contribution in [0.25, 0.3) is 0 Å². The largest absolute Gasteiger partial charge is 0.412 e. The molecule has 0 heterocycles. The molecule has 2 aromatic rings. The van der Waals surface area contributed by atoms with Gasteiger partial charge in [0.2, 0.25) is 10.0 Å². The van der Waals surface area contributed by atoms with Crippen LogP contribution in [-0.4, -0.2) is 27.0 Å². The van der Waals surface area contributed by atoms with Gasteiger partial charge in [0, 0.05) is 12.1 Å². The zero-order valence-corrected chi connectivity index (χ0v) is 14.9. The van der Waals surface area contributed by atoms with Crippen LogP contribution in [0.4, 0.5) is 17.6 Å². The molecule has 146 valence electrons. The van der Waals surface area contributed by atoms with Crippen molar-refractivity contribution in [2.24, 2.45) is 0 Å². The molecule has 1 atom stereocenters. The Labute approximate surface area is 153 Å². The highest BCUT2D eigenvalue weighted by atomic mass is 32.2. The molecular formula is C17H16F4N2O3S. The molecule has 10 heteroatoms. The molecule has 0 aliphatic rings. The van der Waals surface area contributed by atoms with E-state index in [2.05, 4.69) is 4.72 Å². The summed E-state index contributed by atoms with van der Waals surface area (Å²) in [6.07, 6.45) is -4.80. The van der Waals surface area contributed by atoms with E-state index < -0.39 is 34.0 Å². The van der Waals surface area contributed by atoms with Crippen molar-refractivity contribution in [1.29, 1.82) is 0 Å². The zero-order valence-electron chi connectivity index (χ0n) is 14.0. The SMILES string of the molecule is CCNS(=O)(=O)c1ccc(C(=O)NC(c2ccc(F)cc2)C(F)(F)F)cc1. The third kappa shape index (κ3) is 5.27. The lowest BCUT2D eigenvalue weighted by atomic mass is 10.1. The number of halogens is 4. The van der Waals surface area contributed by atoms with E-state index in [1.807, 2.05) is 5.32 Å². The van der Waals surface area contributed by atoms with Gasteiger partial charge in [-0.3, -0.25) is 4.79 Å². The first-order valence-electron chi connectivity index (χ1n) is 7.77. The second-order valence-corrected chi connectivity index (χ2v) is 7.29. The Morgan fingerprint density at radius 1 is 1.04 bits per heavy atom. The molecule has 5 nitrogen and oxygen atoms in total. The number of amides is 1. The number of rotatable bonds is 6. The van der Waals surface area contributed by atoms with Gasteiger partial charge in [-0.1, -0.05) is 19.1 Å². The highest BCUT2D eigenvalue weighted by Crippen LogP contribution is 2.33. The van der Waals surface area contributed by atoms with Gasteiger partial charge >= 0.3 is 6.18 Å². The number of alkyl halides is 3. The predicted octanol–water partition coefficient (Wildman–Crippen LogP) is 3.16. The van der Waals surface area contributed by atoms with E-state index in [9.17, 15) is 30.8 Å². The maximum absolute atomic E-state index is 13.3. The summed E-state index contributed by atoms with van der Waals surface area (Å²) in [7, 11) is -3.74. The van der Waals surface area contributed by atoms with Crippen molar-refractivity contribution >= 4 is 15.9 Å². The van der Waals surface area contributed by atoms with E-state index in [0.29, 0.717) is 0 Å². The first-order valence-corrected chi connectivity index (χ1v) is 9.25. The Morgan fingerprint density at radius 2 is 1.59 bits per heavy atom. The van der Waals surface area contributed by atoms with Gasteiger partial charge in [-0.25, -0.2) is 17.5 Å². The first-order chi connectivity index (χ1) is 12.5. The molecule has 2 N–H and O–H groups in total. The molecule has 0 radical (unpaired) electrons. The third-order valence-electron chi connectivity index (χ3n) is 3.57. The molecule has 1 unspecified atom stereocenters. The molecule has 0 aromatic heterocycles. The normalized spacial score (nSPS) is 13.2. The van der Waals surface area contributed by atoms with Crippen LogP contribution >= 0.6 is 0 Å². The standard InChI is InChI=1S/C17H16F4N2O3S/c1-2-22-27(25,26)14-9-5-12(6-10-14)16(24)23-15(17(19,20)21)11-3-7-13(18)8-4-11/h3-10,15,22H,2H2,1H3,(H,23,24). The molecule has 0 fully saturated rings. The lowest BCUT2D eigenvalue weighted by Crippen LogP contribution is -2.38. The molecule has 2 rings (SSSR count). The van der Waals surface area contributed by atoms with Gasteiger partial charge in [-0.05, 0) is 42.0 Å². The smallest absolute Gasteiger partial charge is 0.337 e. The molecule has 27 heavy (non-hydrogen) atoms. The van der Waals surface area contributed by atoms with Crippen LogP contribution < -0.4 is 10.0 Å². The molecule has 2 aromatic carbocycles. The second-order valence-electron chi connectivity index (χ2n) is 5.53. The van der Waals surface area contributed by atoms with Crippen LogP contribution in [0.5, 0.6) is 0 Å². The van der Waals surface area contributed by atoms with Gasteiger partial charge in [-0.15, -0.1) is 0 Å². The molecule has 0 saturated carbocycles. The van der Waals surface area contributed by atoms with Crippen molar-refractivity contribution in [2.45, 2.75) is 24.0 Å². The van der Waals surface area contributed by atoms with E-state index in [1.54, 1.807) is 6.92 Å². The van der Waals surface area contributed by atoms with Crippen molar-refractivity contribution in [2.75, 3.05) is 6.54 Å². The fourth-order valence-corrected chi connectivity index (χ4v) is 3.32. The van der Waals surface area contributed by atoms with Gasteiger partial charge < -0.3 is 5.32 Å². The van der Waals surface area contributed by atoms with Crippen LogP contribution in [0.3, 0.4) is 0 Å². The summed E-state index contributed by atoms with van der Waals surface area (Å²) < 4.78 is 78.8. The summed E-state index contributed by atoms with van der Waals surface area (Å²) in [5.41, 5.74) is -0.481. The van der Waals surface area contributed by atoms with Crippen molar-refractivity contribution in [3.8, 4) is 0 Å². The molecule has 0 aliphatic heterocycles. The average Bonchev–Trinajstić information content (AvgIpc) is 2.59.